The molecular weight excluding hydrogens is 186 g/mol. The molecular formula is C10H18ClNO. The van der Waals surface area contributed by atoms with E-state index in [1.165, 1.54) is 32.1 Å². The molecule has 1 heterocycles. The third kappa shape index (κ3) is 2.44. The van der Waals surface area contributed by atoms with Crippen LogP contribution < -0.4 is 5.32 Å². The zero-order valence-corrected chi connectivity index (χ0v) is 8.74. The van der Waals surface area contributed by atoms with Gasteiger partial charge in [-0.05, 0) is 18.8 Å². The molecule has 2 nitrogen and oxygen atoms in total. The molecule has 13 heavy (non-hydrogen) atoms. The number of carbonyl (C=O) groups is 1. The molecule has 0 aromatic rings. The lowest BCUT2D eigenvalue weighted by Gasteiger charge is -2.26. The van der Waals surface area contributed by atoms with Gasteiger partial charge >= 0.3 is 0 Å². The van der Waals surface area contributed by atoms with Crippen LogP contribution in [-0.2, 0) is 4.79 Å². The molecule has 0 aromatic heterocycles. The first-order chi connectivity index (χ1) is 5.88. The van der Waals surface area contributed by atoms with Gasteiger partial charge in [0.1, 0.15) is 0 Å². The van der Waals surface area contributed by atoms with E-state index in [0.29, 0.717) is 11.7 Å². The maximum absolute atomic E-state index is 11.4. The zero-order chi connectivity index (χ0) is 8.39. The van der Waals surface area contributed by atoms with Gasteiger partial charge in [-0.3, -0.25) is 4.79 Å². The highest BCUT2D eigenvalue weighted by atomic mass is 35.5. The molecule has 3 heteroatoms. The van der Waals surface area contributed by atoms with Crippen molar-refractivity contribution in [3.05, 3.63) is 0 Å². The molecule has 1 atom stereocenters. The van der Waals surface area contributed by atoms with Gasteiger partial charge in [0.2, 0.25) is 0 Å². The van der Waals surface area contributed by atoms with Crippen molar-refractivity contribution in [1.29, 1.82) is 0 Å². The Labute approximate surface area is 85.9 Å². The molecule has 76 valence electrons. The minimum absolute atomic E-state index is 0. The monoisotopic (exact) mass is 203 g/mol. The largest absolute Gasteiger partial charge is 0.307 e. The Morgan fingerprint density at radius 1 is 1.15 bits per heavy atom. The predicted octanol–water partition coefficient (Wildman–Crippen LogP) is 1.92. The number of hydrogen-bond acceptors (Lipinski definition) is 2. The minimum Gasteiger partial charge on any atom is -0.307 e. The Hall–Kier alpha value is -0.0800. The summed E-state index contributed by atoms with van der Waals surface area (Å²) in [6, 6.07) is 0.227. The highest BCUT2D eigenvalue weighted by Gasteiger charge is 2.31. The molecule has 0 aromatic carbocycles. The molecule has 1 N–H and O–H groups in total. The van der Waals surface area contributed by atoms with Gasteiger partial charge in [-0.15, -0.1) is 12.4 Å². The molecule has 0 spiro atoms. The summed E-state index contributed by atoms with van der Waals surface area (Å²) in [4.78, 5) is 11.4. The van der Waals surface area contributed by atoms with E-state index in [1.807, 2.05) is 0 Å². The van der Waals surface area contributed by atoms with Gasteiger partial charge in [0.25, 0.3) is 0 Å². The van der Waals surface area contributed by atoms with E-state index in [2.05, 4.69) is 5.32 Å². The van der Waals surface area contributed by atoms with E-state index in [1.54, 1.807) is 0 Å². The number of nitrogens with one attached hydrogen (secondary N) is 1. The number of halogens is 1. The number of hydrogen-bond donors (Lipinski definition) is 1. The number of Topliss-reactive ketones (excluding diaryl/α,β-unsaturated/α-hetero) is 1. The minimum atomic E-state index is 0. The standard InChI is InChI=1S/C10H17NO.ClH/c12-9-6-7-11-10(9)8-4-2-1-3-5-8;/h8,10-11H,1-7H2;1H. The first-order valence-electron chi connectivity index (χ1n) is 5.14. The van der Waals surface area contributed by atoms with Crippen molar-refractivity contribution >= 4 is 18.2 Å². The van der Waals surface area contributed by atoms with E-state index in [9.17, 15) is 4.79 Å². The molecule has 2 aliphatic rings. The second-order valence-corrected chi connectivity index (χ2v) is 4.05. The highest BCUT2D eigenvalue weighted by molar-refractivity contribution is 5.86. The lowest BCUT2D eigenvalue weighted by Crippen LogP contribution is -2.36. The molecule has 1 aliphatic heterocycles. The van der Waals surface area contributed by atoms with E-state index in [0.717, 1.165) is 13.0 Å². The van der Waals surface area contributed by atoms with E-state index >= 15 is 0 Å². The number of carbonyl (C=O) groups excluding carboxylic acids is 1. The van der Waals surface area contributed by atoms with Gasteiger partial charge in [-0.1, -0.05) is 19.3 Å². The van der Waals surface area contributed by atoms with Gasteiger partial charge in [-0.2, -0.15) is 0 Å². The summed E-state index contributed by atoms with van der Waals surface area (Å²) in [6.45, 7) is 0.917. The number of rotatable bonds is 1. The fourth-order valence-electron chi connectivity index (χ4n) is 2.52. The molecule has 2 rings (SSSR count). The fourth-order valence-corrected chi connectivity index (χ4v) is 2.52. The molecule has 0 amide bonds. The summed E-state index contributed by atoms with van der Waals surface area (Å²) < 4.78 is 0. The second kappa shape index (κ2) is 4.97. The summed E-state index contributed by atoms with van der Waals surface area (Å²) >= 11 is 0. The highest BCUT2D eigenvalue weighted by Crippen LogP contribution is 2.28. The SMILES string of the molecule is Cl.O=C1CCNC1C1CCCCC1. The van der Waals surface area contributed by atoms with Crippen molar-refractivity contribution in [2.75, 3.05) is 6.54 Å². The van der Waals surface area contributed by atoms with Crippen molar-refractivity contribution in [3.63, 3.8) is 0 Å². The topological polar surface area (TPSA) is 29.1 Å². The molecule has 1 unspecified atom stereocenters. The average molecular weight is 204 g/mol. The van der Waals surface area contributed by atoms with Crippen molar-refractivity contribution < 1.29 is 4.79 Å². The van der Waals surface area contributed by atoms with Crippen LogP contribution >= 0.6 is 12.4 Å². The van der Waals surface area contributed by atoms with Gasteiger partial charge in [0.15, 0.2) is 5.78 Å². The molecule has 2 fully saturated rings. The van der Waals surface area contributed by atoms with Gasteiger partial charge < -0.3 is 5.32 Å². The summed E-state index contributed by atoms with van der Waals surface area (Å²) in [5.41, 5.74) is 0. The molecule has 0 bridgehead atoms. The van der Waals surface area contributed by atoms with Crippen LogP contribution in [0.3, 0.4) is 0 Å². The zero-order valence-electron chi connectivity index (χ0n) is 7.92. The van der Waals surface area contributed by atoms with Crippen molar-refractivity contribution in [2.45, 2.75) is 44.6 Å². The van der Waals surface area contributed by atoms with Crippen LogP contribution in [0.2, 0.25) is 0 Å². The Bertz CT molecular complexity index is 178. The summed E-state index contributed by atoms with van der Waals surface area (Å²) in [5, 5.41) is 3.33. The van der Waals surface area contributed by atoms with Crippen molar-refractivity contribution in [2.24, 2.45) is 5.92 Å². The summed E-state index contributed by atoms with van der Waals surface area (Å²) in [7, 11) is 0. The van der Waals surface area contributed by atoms with Crippen LogP contribution in [0, 0.1) is 5.92 Å². The summed E-state index contributed by atoms with van der Waals surface area (Å²) in [5.74, 6) is 1.12. The van der Waals surface area contributed by atoms with Crippen molar-refractivity contribution in [1.82, 2.24) is 5.32 Å². The van der Waals surface area contributed by atoms with Gasteiger partial charge in [-0.25, -0.2) is 0 Å². The smallest absolute Gasteiger partial charge is 0.151 e. The molecule has 1 saturated heterocycles. The Morgan fingerprint density at radius 3 is 2.38 bits per heavy atom. The van der Waals surface area contributed by atoms with E-state index in [-0.39, 0.29) is 18.4 Å². The van der Waals surface area contributed by atoms with Gasteiger partial charge in [0, 0.05) is 13.0 Å². The van der Waals surface area contributed by atoms with Crippen LogP contribution in [-0.4, -0.2) is 18.4 Å². The lowest BCUT2D eigenvalue weighted by atomic mass is 9.83. The van der Waals surface area contributed by atoms with Crippen LogP contribution in [0.1, 0.15) is 38.5 Å². The predicted molar refractivity (Wildman–Crippen MR) is 55.2 cm³/mol. The Morgan fingerprint density at radius 2 is 1.85 bits per heavy atom. The van der Waals surface area contributed by atoms with E-state index in [4.69, 9.17) is 0 Å². The van der Waals surface area contributed by atoms with Crippen LogP contribution in [0.15, 0.2) is 0 Å². The molecule has 0 radical (unpaired) electrons. The fraction of sp³-hybridized carbons (Fsp3) is 0.900. The Kier molecular flexibility index (Phi) is 4.20. The van der Waals surface area contributed by atoms with E-state index < -0.39 is 0 Å². The lowest BCUT2D eigenvalue weighted by molar-refractivity contribution is -0.120. The van der Waals surface area contributed by atoms with Crippen molar-refractivity contribution in [3.8, 4) is 0 Å². The summed E-state index contributed by atoms with van der Waals surface area (Å²) in [6.07, 6.45) is 7.33. The van der Waals surface area contributed by atoms with Crippen LogP contribution in [0.5, 0.6) is 0 Å². The first kappa shape index (κ1) is 11.0. The van der Waals surface area contributed by atoms with Crippen LogP contribution in [0.4, 0.5) is 0 Å². The average Bonchev–Trinajstić information content (AvgIpc) is 2.53. The quantitative estimate of drug-likeness (QED) is 0.706. The maximum atomic E-state index is 11.4. The van der Waals surface area contributed by atoms with Crippen LogP contribution in [0.25, 0.3) is 0 Å². The number of ketones is 1. The maximum Gasteiger partial charge on any atom is 0.151 e. The molecule has 1 aliphatic carbocycles. The second-order valence-electron chi connectivity index (χ2n) is 4.05. The third-order valence-corrected chi connectivity index (χ3v) is 3.20. The normalized spacial score (nSPS) is 30.2. The molecule has 1 saturated carbocycles. The third-order valence-electron chi connectivity index (χ3n) is 3.20. The first-order valence-corrected chi connectivity index (χ1v) is 5.14. The van der Waals surface area contributed by atoms with Gasteiger partial charge in [0.05, 0.1) is 6.04 Å². The Balaban J connectivity index is 0.000000845.